The number of carbonyl (C=O) groups is 2. The zero-order valence-electron chi connectivity index (χ0n) is 19.3. The van der Waals surface area contributed by atoms with Gasteiger partial charge in [-0.2, -0.15) is 4.57 Å². The second kappa shape index (κ2) is 9.01. The zero-order valence-corrected chi connectivity index (χ0v) is 19.3. The van der Waals surface area contributed by atoms with E-state index < -0.39 is 11.5 Å². The number of fused-ring (bicyclic) bond motifs is 1. The fourth-order valence-corrected chi connectivity index (χ4v) is 4.06. The number of hydrogen-bond acceptors (Lipinski definition) is 5. The molecule has 0 atom stereocenters. The number of hydrogen-bond donors (Lipinski definition) is 4. The molecule has 4 N–H and O–H groups in total. The first-order valence-corrected chi connectivity index (χ1v) is 11.5. The summed E-state index contributed by atoms with van der Waals surface area (Å²) in [6.45, 7) is 7.54. The summed E-state index contributed by atoms with van der Waals surface area (Å²) in [4.78, 5) is 38.3. The van der Waals surface area contributed by atoms with Crippen LogP contribution in [0.2, 0.25) is 0 Å². The van der Waals surface area contributed by atoms with E-state index in [0.29, 0.717) is 31.0 Å². The van der Waals surface area contributed by atoms with Crippen LogP contribution in [0.25, 0.3) is 11.7 Å². The summed E-state index contributed by atoms with van der Waals surface area (Å²) in [7, 11) is 0. The van der Waals surface area contributed by atoms with Crippen molar-refractivity contribution in [1.29, 1.82) is 0 Å². The van der Waals surface area contributed by atoms with Crippen LogP contribution in [0.5, 0.6) is 5.88 Å². The second-order valence-corrected chi connectivity index (χ2v) is 9.64. The van der Waals surface area contributed by atoms with Crippen LogP contribution in [-0.2, 0) is 16.1 Å². The molecule has 2 amide bonds. The molecule has 2 aromatic rings. The zero-order chi connectivity index (χ0) is 23.8. The van der Waals surface area contributed by atoms with E-state index in [1.165, 1.54) is 10.6 Å². The molecule has 2 aliphatic rings. The molecule has 3 heterocycles. The number of aromatic hydroxyl groups is 1. The van der Waals surface area contributed by atoms with Crippen molar-refractivity contribution >= 4 is 23.5 Å². The lowest BCUT2D eigenvalue weighted by atomic mass is 9.92. The number of rotatable bonds is 7. The number of nitrogens with zero attached hydrogens (tertiary/aromatic N) is 2. The van der Waals surface area contributed by atoms with Crippen LogP contribution in [0.1, 0.15) is 62.4 Å². The Morgan fingerprint density at radius 1 is 1.36 bits per heavy atom. The summed E-state index contributed by atoms with van der Waals surface area (Å²) in [6, 6.07) is 0.0498. The lowest BCUT2D eigenvalue weighted by Crippen LogP contribution is -2.49. The molecule has 1 aliphatic heterocycles. The fraction of sp³-hybridized carbons (Fsp3) is 0.565. The van der Waals surface area contributed by atoms with Crippen LogP contribution in [0.4, 0.5) is 0 Å². The highest BCUT2D eigenvalue weighted by Gasteiger charge is 2.34. The lowest BCUT2D eigenvalue weighted by Gasteiger charge is -2.34. The Morgan fingerprint density at radius 2 is 2.06 bits per heavy atom. The Kier molecular flexibility index (Phi) is 6.29. The molecule has 2 fully saturated rings. The van der Waals surface area contributed by atoms with Crippen LogP contribution in [0.15, 0.2) is 17.1 Å². The smallest absolute Gasteiger partial charge is 0.378 e. The van der Waals surface area contributed by atoms with Gasteiger partial charge in [0.2, 0.25) is 11.5 Å². The monoisotopic (exact) mass is 458 g/mol. The van der Waals surface area contributed by atoms with Gasteiger partial charge in [-0.25, -0.2) is 9.89 Å². The van der Waals surface area contributed by atoms with Crippen molar-refractivity contribution in [2.75, 3.05) is 13.2 Å². The van der Waals surface area contributed by atoms with Gasteiger partial charge in [-0.15, -0.1) is 0 Å². The van der Waals surface area contributed by atoms with E-state index in [-0.39, 0.29) is 34.8 Å². The van der Waals surface area contributed by atoms with Gasteiger partial charge in [0, 0.05) is 30.9 Å². The predicted octanol–water partition coefficient (Wildman–Crippen LogP) is 0.867. The molecule has 0 unspecified atom stereocenters. The van der Waals surface area contributed by atoms with Gasteiger partial charge >= 0.3 is 17.1 Å². The maximum Gasteiger partial charge on any atom is 0.378 e. The van der Waals surface area contributed by atoms with Crippen molar-refractivity contribution in [3.63, 3.8) is 0 Å². The Balaban J connectivity index is 1.69. The Bertz CT molecular complexity index is 1150. The summed E-state index contributed by atoms with van der Waals surface area (Å²) in [6.07, 6.45) is 7.81. The van der Waals surface area contributed by atoms with Crippen molar-refractivity contribution in [2.45, 2.75) is 64.6 Å². The van der Waals surface area contributed by atoms with Crippen molar-refractivity contribution < 1.29 is 24.0 Å². The van der Waals surface area contributed by atoms with Crippen LogP contribution >= 0.6 is 0 Å². The molecule has 2 aromatic heterocycles. The molecule has 1 saturated carbocycles. The predicted molar refractivity (Wildman–Crippen MR) is 121 cm³/mol. The van der Waals surface area contributed by atoms with Gasteiger partial charge < -0.3 is 20.5 Å². The standard InChI is InChI=1S/C23H31N5O5/c1-14(2)13-27-20-15(4-7-17(29)26-23(3)8-10-33-11-9-23)12-24-28(20)22(32)18(21(27)31)19(30)25-16-5-6-16/h4,7,12,14,16H,5-6,8-11,13H2,1-3H3,(H3,25,26,29,30,31,32)/p+1/b7-4+. The van der Waals surface area contributed by atoms with Crippen molar-refractivity contribution in [1.82, 2.24) is 20.2 Å². The van der Waals surface area contributed by atoms with Gasteiger partial charge in [0.15, 0.2) is 0 Å². The molecular weight excluding hydrogens is 426 g/mol. The number of aromatic nitrogens is 3. The number of amides is 2. The normalized spacial score (nSPS) is 18.2. The first-order valence-electron chi connectivity index (χ1n) is 11.5. The van der Waals surface area contributed by atoms with Gasteiger partial charge in [-0.05, 0) is 44.6 Å². The minimum Gasteiger partial charge on any atom is -0.477 e. The number of H-pyrrole nitrogens is 1. The van der Waals surface area contributed by atoms with Gasteiger partial charge in [0.05, 0.1) is 18.3 Å². The summed E-state index contributed by atoms with van der Waals surface area (Å²) < 4.78 is 8.15. The molecule has 0 aromatic carbocycles. The minimum absolute atomic E-state index is 0.0498. The molecular formula is C23H32N5O5+. The van der Waals surface area contributed by atoms with Crippen molar-refractivity contribution in [2.24, 2.45) is 5.92 Å². The Labute approximate surface area is 191 Å². The third kappa shape index (κ3) is 4.95. The van der Waals surface area contributed by atoms with Crippen LogP contribution in [0.3, 0.4) is 0 Å². The van der Waals surface area contributed by atoms with E-state index in [1.54, 1.807) is 16.8 Å². The SMILES string of the molecule is CC(C)C[n+]1c(O)c(C(=O)NC2CC2)c(=O)n2[nH]cc(/C=C/C(=O)NC3(C)CCOCC3)c21. The second-order valence-electron chi connectivity index (χ2n) is 9.64. The first-order chi connectivity index (χ1) is 15.7. The average molecular weight is 459 g/mol. The van der Waals surface area contributed by atoms with Crippen LogP contribution in [-0.4, -0.2) is 51.3 Å². The highest BCUT2D eigenvalue weighted by Crippen LogP contribution is 2.21. The third-order valence-electron chi connectivity index (χ3n) is 6.09. The largest absolute Gasteiger partial charge is 0.477 e. The number of aromatic amines is 1. The van der Waals surface area contributed by atoms with Crippen molar-refractivity contribution in [3.05, 3.63) is 33.8 Å². The summed E-state index contributed by atoms with van der Waals surface area (Å²) in [5.74, 6) is -1.07. The number of ether oxygens (including phenoxy) is 1. The molecule has 1 aliphatic carbocycles. The minimum atomic E-state index is -0.639. The molecule has 10 heteroatoms. The van der Waals surface area contributed by atoms with E-state index >= 15 is 0 Å². The highest BCUT2D eigenvalue weighted by molar-refractivity contribution is 5.96. The van der Waals surface area contributed by atoms with E-state index in [2.05, 4.69) is 15.7 Å². The molecule has 1 saturated heterocycles. The van der Waals surface area contributed by atoms with Crippen LogP contribution < -0.4 is 20.8 Å². The van der Waals surface area contributed by atoms with Gasteiger partial charge in [0.1, 0.15) is 0 Å². The van der Waals surface area contributed by atoms with Gasteiger partial charge in [-0.3, -0.25) is 9.59 Å². The average Bonchev–Trinajstić information content (AvgIpc) is 3.45. The molecule has 0 spiro atoms. The lowest BCUT2D eigenvalue weighted by molar-refractivity contribution is -0.686. The van der Waals surface area contributed by atoms with Crippen LogP contribution in [0, 0.1) is 5.92 Å². The summed E-state index contributed by atoms with van der Waals surface area (Å²) in [5, 5.41) is 19.6. The van der Waals surface area contributed by atoms with Gasteiger partial charge in [0.25, 0.3) is 5.91 Å². The molecule has 0 bridgehead atoms. The fourth-order valence-electron chi connectivity index (χ4n) is 4.06. The number of nitrogens with one attached hydrogen (secondary N) is 3. The quantitative estimate of drug-likeness (QED) is 0.361. The molecule has 33 heavy (non-hydrogen) atoms. The van der Waals surface area contributed by atoms with Crippen molar-refractivity contribution in [3.8, 4) is 5.88 Å². The van der Waals surface area contributed by atoms with E-state index in [4.69, 9.17) is 4.74 Å². The van der Waals surface area contributed by atoms with E-state index in [1.807, 2.05) is 20.8 Å². The Morgan fingerprint density at radius 3 is 2.70 bits per heavy atom. The highest BCUT2D eigenvalue weighted by atomic mass is 16.5. The molecule has 10 nitrogen and oxygen atoms in total. The van der Waals surface area contributed by atoms with E-state index in [0.717, 1.165) is 25.7 Å². The van der Waals surface area contributed by atoms with Gasteiger partial charge in [-0.1, -0.05) is 18.4 Å². The molecule has 0 radical (unpaired) electrons. The maximum absolute atomic E-state index is 13.1. The van der Waals surface area contributed by atoms with E-state index in [9.17, 15) is 19.5 Å². The summed E-state index contributed by atoms with van der Waals surface area (Å²) >= 11 is 0. The Hall–Kier alpha value is -3.14. The number of carbonyl (C=O) groups excluding carboxylic acids is 2. The summed E-state index contributed by atoms with van der Waals surface area (Å²) in [5.41, 5.74) is -0.321. The first kappa shape index (κ1) is 23.0. The topological polar surface area (TPSA) is 129 Å². The molecule has 4 rings (SSSR count). The molecule has 178 valence electrons. The maximum atomic E-state index is 13.1. The third-order valence-corrected chi connectivity index (χ3v) is 6.09.